The van der Waals surface area contributed by atoms with E-state index >= 15 is 0 Å². The van der Waals surface area contributed by atoms with Gasteiger partial charge in [0.15, 0.2) is 15.6 Å². The van der Waals surface area contributed by atoms with Gasteiger partial charge in [-0.2, -0.15) is 0 Å². The average molecular weight is 381 g/mol. The largest absolute Gasteiger partial charge is 0.294 e. The number of carbonyl (C=O) groups is 1. The first-order valence-electron chi connectivity index (χ1n) is 6.97. The zero-order valence-electron chi connectivity index (χ0n) is 12.5. The highest BCUT2D eigenvalue weighted by Crippen LogP contribution is 2.12. The maximum Gasteiger partial charge on any atom is 0.179 e. The standard InChI is InChI=1S/C18H14Cl2O3S/c19-16-6-1-14(2-7-16)5-10-18(21)13-24(22,23)12-11-15-3-8-17(20)9-4-15/h1-12H,13H2/b10-5+,12-11?. The van der Waals surface area contributed by atoms with E-state index in [1.165, 1.54) is 12.2 Å². The molecule has 0 atom stereocenters. The van der Waals surface area contributed by atoms with Crippen LogP contribution < -0.4 is 0 Å². The molecule has 0 aliphatic rings. The quantitative estimate of drug-likeness (QED) is 0.684. The van der Waals surface area contributed by atoms with Crippen LogP contribution in [0, 0.1) is 0 Å². The van der Waals surface area contributed by atoms with Gasteiger partial charge in [0.05, 0.1) is 0 Å². The molecule has 2 rings (SSSR count). The maximum absolute atomic E-state index is 12.0. The molecular formula is C18H14Cl2O3S. The molecule has 0 aliphatic heterocycles. The van der Waals surface area contributed by atoms with Crippen molar-refractivity contribution in [2.45, 2.75) is 0 Å². The van der Waals surface area contributed by atoms with Crippen LogP contribution in [0.5, 0.6) is 0 Å². The average Bonchev–Trinajstić information content (AvgIpc) is 2.53. The van der Waals surface area contributed by atoms with E-state index in [2.05, 4.69) is 0 Å². The van der Waals surface area contributed by atoms with Crippen molar-refractivity contribution in [3.8, 4) is 0 Å². The van der Waals surface area contributed by atoms with E-state index in [0.29, 0.717) is 15.6 Å². The molecule has 0 saturated carbocycles. The minimum Gasteiger partial charge on any atom is -0.294 e. The van der Waals surface area contributed by atoms with Crippen LogP contribution in [0.25, 0.3) is 12.2 Å². The highest BCUT2D eigenvalue weighted by molar-refractivity contribution is 7.95. The summed E-state index contributed by atoms with van der Waals surface area (Å²) in [5.41, 5.74) is 1.45. The first-order chi connectivity index (χ1) is 11.3. The lowest BCUT2D eigenvalue weighted by Gasteiger charge is -1.97. The zero-order chi connectivity index (χ0) is 17.6. The molecule has 2 aromatic rings. The number of halogens is 2. The van der Waals surface area contributed by atoms with Crippen molar-refractivity contribution in [3.05, 3.63) is 81.2 Å². The first-order valence-corrected chi connectivity index (χ1v) is 9.44. The Hall–Kier alpha value is -1.88. The molecule has 0 fully saturated rings. The third-order valence-corrected chi connectivity index (χ3v) is 4.75. The molecule has 0 N–H and O–H groups in total. The summed E-state index contributed by atoms with van der Waals surface area (Å²) in [6.07, 6.45) is 4.23. The second-order valence-electron chi connectivity index (χ2n) is 5.01. The summed E-state index contributed by atoms with van der Waals surface area (Å²) in [6.45, 7) is 0. The van der Waals surface area contributed by atoms with Crippen molar-refractivity contribution in [2.24, 2.45) is 0 Å². The van der Waals surface area contributed by atoms with Gasteiger partial charge in [0, 0.05) is 15.5 Å². The molecule has 124 valence electrons. The predicted molar refractivity (Wildman–Crippen MR) is 99.8 cm³/mol. The highest BCUT2D eigenvalue weighted by Gasteiger charge is 2.11. The van der Waals surface area contributed by atoms with Crippen LogP contribution in [0.3, 0.4) is 0 Å². The van der Waals surface area contributed by atoms with Crippen LogP contribution in [-0.4, -0.2) is 20.0 Å². The summed E-state index contributed by atoms with van der Waals surface area (Å²) < 4.78 is 23.9. The van der Waals surface area contributed by atoms with Crippen LogP contribution in [0.2, 0.25) is 10.0 Å². The lowest BCUT2D eigenvalue weighted by Crippen LogP contribution is -2.11. The third kappa shape index (κ3) is 6.32. The van der Waals surface area contributed by atoms with Crippen LogP contribution in [-0.2, 0) is 14.6 Å². The Morgan fingerprint density at radius 1 is 0.833 bits per heavy atom. The normalized spacial score (nSPS) is 12.1. The van der Waals surface area contributed by atoms with E-state index in [1.807, 2.05) is 0 Å². The number of allylic oxidation sites excluding steroid dienone is 1. The van der Waals surface area contributed by atoms with Gasteiger partial charge in [-0.15, -0.1) is 0 Å². The molecule has 2 aromatic carbocycles. The number of hydrogen-bond donors (Lipinski definition) is 0. The molecule has 0 aromatic heterocycles. The fourth-order valence-electron chi connectivity index (χ4n) is 1.81. The van der Waals surface area contributed by atoms with Crippen LogP contribution in [0.15, 0.2) is 60.0 Å². The molecule has 0 heterocycles. The van der Waals surface area contributed by atoms with E-state index in [9.17, 15) is 13.2 Å². The van der Waals surface area contributed by atoms with Gasteiger partial charge in [-0.3, -0.25) is 4.79 Å². The van der Waals surface area contributed by atoms with Crippen molar-refractivity contribution in [1.29, 1.82) is 0 Å². The smallest absolute Gasteiger partial charge is 0.179 e. The van der Waals surface area contributed by atoms with Crippen molar-refractivity contribution >= 4 is 51.0 Å². The Kier molecular flexibility index (Phi) is 6.37. The van der Waals surface area contributed by atoms with Gasteiger partial charge < -0.3 is 0 Å². The second-order valence-corrected chi connectivity index (χ2v) is 7.77. The molecule has 0 unspecified atom stereocenters. The summed E-state index contributed by atoms with van der Waals surface area (Å²) >= 11 is 11.5. The van der Waals surface area contributed by atoms with Gasteiger partial charge in [0.25, 0.3) is 0 Å². The second kappa shape index (κ2) is 8.29. The zero-order valence-corrected chi connectivity index (χ0v) is 14.9. The number of rotatable bonds is 6. The van der Waals surface area contributed by atoms with Crippen LogP contribution >= 0.6 is 23.2 Å². The van der Waals surface area contributed by atoms with E-state index in [4.69, 9.17) is 23.2 Å². The molecule has 0 amide bonds. The van der Waals surface area contributed by atoms with E-state index < -0.39 is 21.4 Å². The summed E-state index contributed by atoms with van der Waals surface area (Å²) in [4.78, 5) is 11.8. The molecule has 6 heteroatoms. The molecule has 0 saturated heterocycles. The fourth-order valence-corrected chi connectivity index (χ4v) is 3.02. The number of hydrogen-bond acceptors (Lipinski definition) is 3. The molecule has 0 bridgehead atoms. The Morgan fingerprint density at radius 2 is 1.29 bits per heavy atom. The lowest BCUT2D eigenvalue weighted by atomic mass is 10.2. The number of benzene rings is 2. The highest BCUT2D eigenvalue weighted by atomic mass is 35.5. The van der Waals surface area contributed by atoms with Crippen molar-refractivity contribution in [2.75, 3.05) is 5.75 Å². The summed E-state index contributed by atoms with van der Waals surface area (Å²) in [5, 5.41) is 2.19. The number of carbonyl (C=O) groups excluding carboxylic acids is 1. The molecule has 0 radical (unpaired) electrons. The van der Waals surface area contributed by atoms with Gasteiger partial charge >= 0.3 is 0 Å². The number of ketones is 1. The van der Waals surface area contributed by atoms with Crippen molar-refractivity contribution in [3.63, 3.8) is 0 Å². The third-order valence-electron chi connectivity index (χ3n) is 3.01. The van der Waals surface area contributed by atoms with Crippen LogP contribution in [0.1, 0.15) is 11.1 Å². The fraction of sp³-hybridized carbons (Fsp3) is 0.0556. The lowest BCUT2D eigenvalue weighted by molar-refractivity contribution is -0.112. The Balaban J connectivity index is 1.98. The summed E-state index contributed by atoms with van der Waals surface area (Å²) in [6, 6.07) is 13.6. The van der Waals surface area contributed by atoms with Gasteiger partial charge in [-0.25, -0.2) is 8.42 Å². The minimum absolute atomic E-state index is 0.495. The van der Waals surface area contributed by atoms with Crippen molar-refractivity contribution in [1.82, 2.24) is 0 Å². The molecule has 3 nitrogen and oxygen atoms in total. The van der Waals surface area contributed by atoms with Crippen LogP contribution in [0.4, 0.5) is 0 Å². The SMILES string of the molecule is O=C(/C=C/c1ccc(Cl)cc1)CS(=O)(=O)C=Cc1ccc(Cl)cc1. The van der Waals surface area contributed by atoms with Crippen molar-refractivity contribution < 1.29 is 13.2 Å². The topological polar surface area (TPSA) is 51.2 Å². The summed E-state index contributed by atoms with van der Waals surface area (Å²) in [5.74, 6) is -1.08. The van der Waals surface area contributed by atoms with Gasteiger partial charge in [0.1, 0.15) is 5.75 Å². The first kappa shape index (κ1) is 18.5. The van der Waals surface area contributed by atoms with E-state index in [-0.39, 0.29) is 0 Å². The number of sulfone groups is 1. The Morgan fingerprint density at radius 3 is 1.79 bits per heavy atom. The van der Waals surface area contributed by atoms with Gasteiger partial charge in [-0.05, 0) is 47.5 Å². The van der Waals surface area contributed by atoms with Gasteiger partial charge in [0.2, 0.25) is 0 Å². The van der Waals surface area contributed by atoms with E-state index in [1.54, 1.807) is 54.6 Å². The minimum atomic E-state index is -3.64. The monoisotopic (exact) mass is 380 g/mol. The summed E-state index contributed by atoms with van der Waals surface area (Å²) in [7, 11) is -3.64. The Bertz CT molecular complexity index is 865. The molecule has 0 spiro atoms. The molecular weight excluding hydrogens is 367 g/mol. The molecule has 0 aliphatic carbocycles. The Labute approximate surface area is 151 Å². The van der Waals surface area contributed by atoms with Gasteiger partial charge in [-0.1, -0.05) is 53.5 Å². The van der Waals surface area contributed by atoms with E-state index in [0.717, 1.165) is 11.0 Å². The predicted octanol–water partition coefficient (Wildman–Crippen LogP) is 4.66. The molecule has 24 heavy (non-hydrogen) atoms. The maximum atomic E-state index is 12.0.